The van der Waals surface area contributed by atoms with Gasteiger partial charge in [-0.25, -0.2) is 0 Å². The molecule has 2 aromatic rings. The van der Waals surface area contributed by atoms with Gasteiger partial charge in [-0.3, -0.25) is 4.98 Å². The van der Waals surface area contributed by atoms with Crippen LogP contribution in [0, 0.1) is 0 Å². The maximum Gasteiger partial charge on any atom is 0.0703 e. The van der Waals surface area contributed by atoms with E-state index in [2.05, 4.69) is 4.98 Å². The van der Waals surface area contributed by atoms with Crippen molar-refractivity contribution in [1.29, 1.82) is 0 Å². The zero-order chi connectivity index (χ0) is 10.1. The monoisotopic (exact) mass is 206 g/mol. The summed E-state index contributed by atoms with van der Waals surface area (Å²) in [4.78, 5) is 4.21. The molecule has 0 aliphatic carbocycles. The molecule has 0 spiro atoms. The molecule has 1 unspecified atom stereocenters. The van der Waals surface area contributed by atoms with Gasteiger partial charge < -0.3 is 5.73 Å². The fraction of sp³-hybridized carbons (Fsp3) is 0.182. The first-order valence-electron chi connectivity index (χ1n) is 4.47. The highest BCUT2D eigenvalue weighted by Crippen LogP contribution is 2.20. The lowest BCUT2D eigenvalue weighted by atomic mass is 10.1. The normalized spacial score (nSPS) is 13.1. The molecule has 0 saturated heterocycles. The second-order valence-electron chi connectivity index (χ2n) is 3.39. The number of nitrogens with two attached hydrogens (primary N) is 1. The van der Waals surface area contributed by atoms with E-state index in [4.69, 9.17) is 17.3 Å². The summed E-state index contributed by atoms with van der Waals surface area (Å²) in [6, 6.07) is 7.92. The van der Waals surface area contributed by atoms with E-state index in [0.717, 1.165) is 16.5 Å². The Bertz CT molecular complexity index is 466. The lowest BCUT2D eigenvalue weighted by Crippen LogP contribution is -2.04. The van der Waals surface area contributed by atoms with E-state index in [9.17, 15) is 0 Å². The molecule has 1 aromatic carbocycles. The van der Waals surface area contributed by atoms with Crippen molar-refractivity contribution in [2.24, 2.45) is 5.73 Å². The van der Waals surface area contributed by atoms with Gasteiger partial charge in [0.15, 0.2) is 0 Å². The van der Waals surface area contributed by atoms with E-state index >= 15 is 0 Å². The molecule has 0 saturated carbocycles. The van der Waals surface area contributed by atoms with Gasteiger partial charge in [-0.05, 0) is 30.7 Å². The fourth-order valence-corrected chi connectivity index (χ4v) is 1.57. The topological polar surface area (TPSA) is 38.9 Å². The van der Waals surface area contributed by atoms with E-state index in [1.54, 1.807) is 6.20 Å². The Morgan fingerprint density at radius 2 is 2.14 bits per heavy atom. The van der Waals surface area contributed by atoms with Crippen LogP contribution in [0.1, 0.15) is 18.5 Å². The first-order valence-corrected chi connectivity index (χ1v) is 4.85. The lowest BCUT2D eigenvalue weighted by Gasteiger charge is -2.06. The Balaban J connectivity index is 2.63. The summed E-state index contributed by atoms with van der Waals surface area (Å²) in [5.74, 6) is 0. The van der Waals surface area contributed by atoms with Crippen molar-refractivity contribution in [3.05, 3.63) is 41.0 Å². The van der Waals surface area contributed by atoms with E-state index in [1.807, 2.05) is 31.2 Å². The molecule has 0 amide bonds. The third-order valence-corrected chi connectivity index (χ3v) is 2.40. The summed E-state index contributed by atoms with van der Waals surface area (Å²) < 4.78 is 0. The smallest absolute Gasteiger partial charge is 0.0703 e. The van der Waals surface area contributed by atoms with Crippen LogP contribution in [-0.2, 0) is 0 Å². The molecule has 0 aliphatic rings. The first-order chi connectivity index (χ1) is 6.66. The van der Waals surface area contributed by atoms with Crippen molar-refractivity contribution in [1.82, 2.24) is 4.98 Å². The lowest BCUT2D eigenvalue weighted by molar-refractivity contribution is 0.820. The minimum absolute atomic E-state index is 0.0402. The fourth-order valence-electron chi connectivity index (χ4n) is 1.41. The summed E-state index contributed by atoms with van der Waals surface area (Å²) >= 11 is 5.86. The van der Waals surface area contributed by atoms with Crippen LogP contribution in [0.4, 0.5) is 0 Å². The van der Waals surface area contributed by atoms with Gasteiger partial charge >= 0.3 is 0 Å². The first kappa shape index (κ1) is 9.44. The van der Waals surface area contributed by atoms with Crippen LogP contribution in [0.15, 0.2) is 30.5 Å². The zero-order valence-electron chi connectivity index (χ0n) is 7.87. The standard InChI is InChI=1S/C11H11ClN2/c1-7(13)8-2-3-11-9(4-8)5-10(12)6-14-11/h2-7H,13H2,1H3. The zero-order valence-corrected chi connectivity index (χ0v) is 8.62. The molecule has 0 fully saturated rings. The van der Waals surface area contributed by atoms with Gasteiger partial charge in [0.1, 0.15) is 0 Å². The molecule has 0 aliphatic heterocycles. The van der Waals surface area contributed by atoms with Crippen molar-refractivity contribution in [3.8, 4) is 0 Å². The van der Waals surface area contributed by atoms with Gasteiger partial charge in [-0.1, -0.05) is 17.7 Å². The molecular weight excluding hydrogens is 196 g/mol. The van der Waals surface area contributed by atoms with Crippen LogP contribution in [0.3, 0.4) is 0 Å². The van der Waals surface area contributed by atoms with Crippen LogP contribution in [0.2, 0.25) is 5.02 Å². The summed E-state index contributed by atoms with van der Waals surface area (Å²) in [5.41, 5.74) is 7.83. The number of halogens is 1. The summed E-state index contributed by atoms with van der Waals surface area (Å²) in [6.07, 6.45) is 1.65. The summed E-state index contributed by atoms with van der Waals surface area (Å²) in [7, 11) is 0. The molecule has 14 heavy (non-hydrogen) atoms. The minimum Gasteiger partial charge on any atom is -0.324 e. The number of rotatable bonds is 1. The highest BCUT2D eigenvalue weighted by Gasteiger charge is 2.01. The van der Waals surface area contributed by atoms with Crippen molar-refractivity contribution < 1.29 is 0 Å². The molecule has 2 nitrogen and oxygen atoms in total. The van der Waals surface area contributed by atoms with Crippen LogP contribution in [0.25, 0.3) is 10.9 Å². The predicted molar refractivity (Wildman–Crippen MR) is 59.4 cm³/mol. The van der Waals surface area contributed by atoms with Crippen molar-refractivity contribution in [2.45, 2.75) is 13.0 Å². The number of hydrogen-bond acceptors (Lipinski definition) is 2. The molecular formula is C11H11ClN2. The molecule has 1 heterocycles. The van der Waals surface area contributed by atoms with Gasteiger partial charge in [0.25, 0.3) is 0 Å². The van der Waals surface area contributed by atoms with Gasteiger partial charge in [-0.2, -0.15) is 0 Å². The van der Waals surface area contributed by atoms with Crippen LogP contribution in [-0.4, -0.2) is 4.98 Å². The van der Waals surface area contributed by atoms with E-state index in [1.165, 1.54) is 0 Å². The second kappa shape index (κ2) is 3.56. The third-order valence-electron chi connectivity index (χ3n) is 2.20. The maximum absolute atomic E-state index is 5.86. The quantitative estimate of drug-likeness (QED) is 0.779. The number of aromatic nitrogens is 1. The van der Waals surface area contributed by atoms with Crippen molar-refractivity contribution >= 4 is 22.5 Å². The Labute approximate surface area is 87.7 Å². The summed E-state index contributed by atoms with van der Waals surface area (Å²) in [6.45, 7) is 1.96. The second-order valence-corrected chi connectivity index (χ2v) is 3.83. The molecule has 72 valence electrons. The van der Waals surface area contributed by atoms with Gasteiger partial charge in [0.2, 0.25) is 0 Å². The highest BCUT2D eigenvalue weighted by atomic mass is 35.5. The Morgan fingerprint density at radius 3 is 2.86 bits per heavy atom. The summed E-state index contributed by atoms with van der Waals surface area (Å²) in [5, 5.41) is 1.69. The van der Waals surface area contributed by atoms with Gasteiger partial charge in [-0.15, -0.1) is 0 Å². The number of hydrogen-bond donors (Lipinski definition) is 1. The molecule has 2 rings (SSSR count). The Morgan fingerprint density at radius 1 is 1.36 bits per heavy atom. The Kier molecular flexibility index (Phi) is 2.40. The molecule has 0 bridgehead atoms. The molecule has 1 atom stereocenters. The molecule has 1 aromatic heterocycles. The minimum atomic E-state index is 0.0402. The highest BCUT2D eigenvalue weighted by molar-refractivity contribution is 6.31. The number of fused-ring (bicyclic) bond motifs is 1. The SMILES string of the molecule is CC(N)c1ccc2ncc(Cl)cc2c1. The van der Waals surface area contributed by atoms with E-state index in [-0.39, 0.29) is 6.04 Å². The average molecular weight is 207 g/mol. The van der Waals surface area contributed by atoms with E-state index in [0.29, 0.717) is 5.02 Å². The third kappa shape index (κ3) is 1.72. The van der Waals surface area contributed by atoms with E-state index < -0.39 is 0 Å². The predicted octanol–water partition coefficient (Wildman–Crippen LogP) is 2.91. The largest absolute Gasteiger partial charge is 0.324 e. The van der Waals surface area contributed by atoms with Crippen molar-refractivity contribution in [3.63, 3.8) is 0 Å². The molecule has 0 radical (unpaired) electrons. The van der Waals surface area contributed by atoms with Crippen molar-refractivity contribution in [2.75, 3.05) is 0 Å². The maximum atomic E-state index is 5.86. The molecule has 2 N–H and O–H groups in total. The van der Waals surface area contributed by atoms with Crippen LogP contribution in [0.5, 0.6) is 0 Å². The Hall–Kier alpha value is -1.12. The van der Waals surface area contributed by atoms with Crippen LogP contribution >= 0.6 is 11.6 Å². The molecule has 3 heteroatoms. The van der Waals surface area contributed by atoms with Crippen LogP contribution < -0.4 is 5.73 Å². The number of pyridine rings is 1. The number of benzene rings is 1. The number of nitrogens with zero attached hydrogens (tertiary/aromatic N) is 1. The van der Waals surface area contributed by atoms with Gasteiger partial charge in [0.05, 0.1) is 10.5 Å². The average Bonchev–Trinajstić information content (AvgIpc) is 2.16. The van der Waals surface area contributed by atoms with Gasteiger partial charge in [0, 0.05) is 17.6 Å².